The molecule has 0 saturated heterocycles. The van der Waals surface area contributed by atoms with E-state index >= 15 is 0 Å². The van der Waals surface area contributed by atoms with E-state index in [0.29, 0.717) is 24.2 Å². The van der Waals surface area contributed by atoms with E-state index in [1.54, 1.807) is 25.2 Å². The lowest BCUT2D eigenvalue weighted by molar-refractivity contribution is -0.0848. The lowest BCUT2D eigenvalue weighted by Gasteiger charge is -2.31. The summed E-state index contributed by atoms with van der Waals surface area (Å²) in [6.45, 7) is 0.326. The molecule has 1 unspecified atom stereocenters. The number of carbonyl (C=O) groups excluding carboxylic acids is 1. The Kier molecular flexibility index (Phi) is 3.39. The summed E-state index contributed by atoms with van der Waals surface area (Å²) in [6.07, 6.45) is 0.321. The maximum atomic E-state index is 12.2. The summed E-state index contributed by atoms with van der Waals surface area (Å²) in [5.41, 5.74) is -0.0981. The minimum atomic E-state index is -1.30. The van der Waals surface area contributed by atoms with Crippen molar-refractivity contribution in [3.05, 3.63) is 65.7 Å². The number of benzene rings is 2. The predicted molar refractivity (Wildman–Crippen MR) is 79.0 cm³/mol. The van der Waals surface area contributed by atoms with Crippen molar-refractivity contribution in [2.24, 2.45) is 0 Å². The van der Waals surface area contributed by atoms with Crippen LogP contribution in [-0.4, -0.2) is 29.6 Å². The van der Waals surface area contributed by atoms with Gasteiger partial charge in [-0.05, 0) is 18.2 Å². The van der Waals surface area contributed by atoms with Crippen LogP contribution < -0.4 is 4.74 Å². The second-order valence-corrected chi connectivity index (χ2v) is 5.14. The molecule has 1 amide bonds. The fraction of sp³-hybridized carbons (Fsp3) is 0.235. The molecule has 1 heterocycles. The van der Waals surface area contributed by atoms with Crippen LogP contribution >= 0.6 is 0 Å². The van der Waals surface area contributed by atoms with Crippen molar-refractivity contribution in [1.82, 2.24) is 4.90 Å². The summed E-state index contributed by atoms with van der Waals surface area (Å²) in [5, 5.41) is 10.9. The first-order valence-corrected chi connectivity index (χ1v) is 6.91. The van der Waals surface area contributed by atoms with Gasteiger partial charge in [-0.15, -0.1) is 0 Å². The van der Waals surface area contributed by atoms with Crippen LogP contribution in [-0.2, 0) is 5.72 Å². The first-order valence-electron chi connectivity index (χ1n) is 6.91. The number of hydrogen-bond acceptors (Lipinski definition) is 3. The Balaban J connectivity index is 1.76. The number of para-hydroxylation sites is 1. The van der Waals surface area contributed by atoms with Crippen LogP contribution in [0.5, 0.6) is 5.75 Å². The SMILES string of the molecule is CN1C(=O)c2ccccc2C1(O)CCOc1ccccc1. The van der Waals surface area contributed by atoms with Gasteiger partial charge in [-0.2, -0.15) is 0 Å². The molecule has 1 aliphatic rings. The van der Waals surface area contributed by atoms with E-state index in [1.807, 2.05) is 36.4 Å². The Bertz CT molecular complexity index is 656. The number of ether oxygens (including phenoxy) is 1. The molecule has 21 heavy (non-hydrogen) atoms. The minimum absolute atomic E-state index is 0.159. The van der Waals surface area contributed by atoms with Gasteiger partial charge in [0.25, 0.3) is 5.91 Å². The van der Waals surface area contributed by atoms with Crippen molar-refractivity contribution in [1.29, 1.82) is 0 Å². The van der Waals surface area contributed by atoms with Crippen LogP contribution in [0.1, 0.15) is 22.3 Å². The summed E-state index contributed by atoms with van der Waals surface area (Å²) in [4.78, 5) is 13.6. The summed E-state index contributed by atoms with van der Waals surface area (Å²) < 4.78 is 5.63. The standard InChI is InChI=1S/C17H17NO3/c1-18-16(19)14-9-5-6-10-15(14)17(18,20)11-12-21-13-7-3-2-4-8-13/h2-10,20H,11-12H2,1H3. The number of aliphatic hydroxyl groups is 1. The first kappa shape index (κ1) is 13.6. The molecule has 108 valence electrons. The topological polar surface area (TPSA) is 49.8 Å². The van der Waals surface area contributed by atoms with E-state index < -0.39 is 5.72 Å². The first-order chi connectivity index (χ1) is 10.1. The highest BCUT2D eigenvalue weighted by Crippen LogP contribution is 2.38. The number of fused-ring (bicyclic) bond motifs is 1. The minimum Gasteiger partial charge on any atom is -0.493 e. The van der Waals surface area contributed by atoms with E-state index in [-0.39, 0.29) is 5.91 Å². The van der Waals surface area contributed by atoms with Crippen molar-refractivity contribution < 1.29 is 14.6 Å². The van der Waals surface area contributed by atoms with E-state index in [2.05, 4.69) is 0 Å². The molecule has 4 heteroatoms. The maximum absolute atomic E-state index is 12.2. The highest BCUT2D eigenvalue weighted by atomic mass is 16.5. The second-order valence-electron chi connectivity index (χ2n) is 5.14. The fourth-order valence-electron chi connectivity index (χ4n) is 2.68. The quantitative estimate of drug-likeness (QED) is 0.937. The Morgan fingerprint density at radius 1 is 1.10 bits per heavy atom. The van der Waals surface area contributed by atoms with Gasteiger partial charge in [0.05, 0.1) is 6.61 Å². The largest absolute Gasteiger partial charge is 0.493 e. The third-order valence-corrected chi connectivity index (χ3v) is 3.91. The van der Waals surface area contributed by atoms with Crippen LogP contribution in [0.15, 0.2) is 54.6 Å². The molecule has 0 aliphatic carbocycles. The molecule has 0 saturated carbocycles. The molecule has 1 N–H and O–H groups in total. The molecule has 4 nitrogen and oxygen atoms in total. The summed E-state index contributed by atoms with van der Waals surface area (Å²) >= 11 is 0. The zero-order valence-electron chi connectivity index (χ0n) is 11.8. The molecule has 0 spiro atoms. The average molecular weight is 283 g/mol. The van der Waals surface area contributed by atoms with Crippen LogP contribution in [0.2, 0.25) is 0 Å². The monoisotopic (exact) mass is 283 g/mol. The van der Waals surface area contributed by atoms with E-state index in [4.69, 9.17) is 4.74 Å². The number of amides is 1. The molecule has 0 bridgehead atoms. The van der Waals surface area contributed by atoms with Gasteiger partial charge >= 0.3 is 0 Å². The number of hydrogen-bond donors (Lipinski definition) is 1. The van der Waals surface area contributed by atoms with Gasteiger partial charge in [0.1, 0.15) is 5.75 Å². The van der Waals surface area contributed by atoms with Crippen molar-refractivity contribution in [3.63, 3.8) is 0 Å². The number of rotatable bonds is 4. The second kappa shape index (κ2) is 5.22. The highest BCUT2D eigenvalue weighted by molar-refractivity contribution is 5.99. The van der Waals surface area contributed by atoms with Crippen LogP contribution in [0, 0.1) is 0 Å². The fourth-order valence-corrected chi connectivity index (χ4v) is 2.68. The Labute approximate surface area is 123 Å². The molecule has 0 radical (unpaired) electrons. The van der Waals surface area contributed by atoms with Crippen LogP contribution in [0.25, 0.3) is 0 Å². The van der Waals surface area contributed by atoms with Gasteiger partial charge in [-0.1, -0.05) is 36.4 Å². The summed E-state index contributed by atoms with van der Waals surface area (Å²) in [7, 11) is 1.62. The molecule has 1 atom stereocenters. The van der Waals surface area contributed by atoms with E-state index in [0.717, 1.165) is 5.75 Å². The average Bonchev–Trinajstić information content (AvgIpc) is 2.71. The van der Waals surface area contributed by atoms with Gasteiger partial charge in [0.2, 0.25) is 0 Å². The Morgan fingerprint density at radius 2 is 1.76 bits per heavy atom. The molecule has 2 aromatic carbocycles. The lowest BCUT2D eigenvalue weighted by Crippen LogP contribution is -2.42. The van der Waals surface area contributed by atoms with Crippen molar-refractivity contribution in [2.75, 3.05) is 13.7 Å². The Morgan fingerprint density at radius 3 is 2.52 bits per heavy atom. The smallest absolute Gasteiger partial charge is 0.256 e. The zero-order chi connectivity index (χ0) is 14.9. The van der Waals surface area contributed by atoms with Gasteiger partial charge in [-0.3, -0.25) is 4.79 Å². The molecule has 1 aliphatic heterocycles. The van der Waals surface area contributed by atoms with Gasteiger partial charge in [-0.25, -0.2) is 0 Å². The maximum Gasteiger partial charge on any atom is 0.256 e. The summed E-state index contributed by atoms with van der Waals surface area (Å²) in [6, 6.07) is 16.6. The highest BCUT2D eigenvalue weighted by Gasteiger charge is 2.45. The third-order valence-electron chi connectivity index (χ3n) is 3.91. The number of carbonyl (C=O) groups is 1. The van der Waals surface area contributed by atoms with E-state index in [1.165, 1.54) is 4.90 Å². The summed E-state index contributed by atoms with van der Waals surface area (Å²) in [5.74, 6) is 0.592. The number of nitrogens with zero attached hydrogens (tertiary/aromatic N) is 1. The Hall–Kier alpha value is -2.33. The molecule has 0 aromatic heterocycles. The van der Waals surface area contributed by atoms with Gasteiger partial charge in [0, 0.05) is 24.6 Å². The molecular weight excluding hydrogens is 266 g/mol. The molecule has 2 aromatic rings. The van der Waals surface area contributed by atoms with Crippen LogP contribution in [0.3, 0.4) is 0 Å². The molecule has 3 rings (SSSR count). The third kappa shape index (κ3) is 2.28. The molecular formula is C17H17NO3. The van der Waals surface area contributed by atoms with Gasteiger partial charge < -0.3 is 14.7 Å². The van der Waals surface area contributed by atoms with Gasteiger partial charge in [0.15, 0.2) is 5.72 Å². The van der Waals surface area contributed by atoms with Crippen molar-refractivity contribution in [3.8, 4) is 5.75 Å². The van der Waals surface area contributed by atoms with Crippen molar-refractivity contribution in [2.45, 2.75) is 12.1 Å². The normalized spacial score (nSPS) is 20.5. The van der Waals surface area contributed by atoms with Crippen molar-refractivity contribution >= 4 is 5.91 Å². The van der Waals surface area contributed by atoms with Crippen LogP contribution in [0.4, 0.5) is 0 Å². The predicted octanol–water partition coefficient (Wildman–Crippen LogP) is 2.39. The molecule has 0 fully saturated rings. The zero-order valence-corrected chi connectivity index (χ0v) is 11.8. The van der Waals surface area contributed by atoms with E-state index in [9.17, 15) is 9.90 Å². The lowest BCUT2D eigenvalue weighted by atomic mass is 9.99.